The molecule has 0 bridgehead atoms. The Morgan fingerprint density at radius 1 is 0.150 bits per heavy atom. The first-order valence-corrected chi connectivity index (χ1v) is 20.8. The van der Waals surface area contributed by atoms with E-state index >= 15 is 0 Å². The van der Waals surface area contributed by atoms with Gasteiger partial charge in [-0.05, 0) is 163 Å². The largest absolute Gasteiger partial charge is 0.0622 e. The van der Waals surface area contributed by atoms with Crippen LogP contribution in [0.2, 0.25) is 0 Å². The molecule has 0 spiro atoms. The van der Waals surface area contributed by atoms with Crippen molar-refractivity contribution in [3.63, 3.8) is 0 Å². The van der Waals surface area contributed by atoms with Crippen molar-refractivity contribution >= 4 is 64.6 Å². The molecule has 12 rings (SSSR count). The van der Waals surface area contributed by atoms with Gasteiger partial charge in [0.25, 0.3) is 0 Å². The van der Waals surface area contributed by atoms with Gasteiger partial charge in [0.15, 0.2) is 0 Å². The smallest absolute Gasteiger partial charge is 0.00928 e. The van der Waals surface area contributed by atoms with E-state index in [4.69, 9.17) is 0 Å². The molecule has 0 aliphatic heterocycles. The molecule has 0 N–H and O–H groups in total. The van der Waals surface area contributed by atoms with Crippen LogP contribution in [0.3, 0.4) is 0 Å². The molecule has 0 unspecified atom stereocenters. The summed E-state index contributed by atoms with van der Waals surface area (Å²) < 4.78 is 0. The Bertz CT molecular complexity index is 3650. The molecule has 0 radical (unpaired) electrons. The zero-order valence-electron chi connectivity index (χ0n) is 32.9. The lowest BCUT2D eigenvalue weighted by atomic mass is 9.86. The third-order valence-electron chi connectivity index (χ3n) is 12.6. The maximum absolute atomic E-state index is 2.43. The number of hydrogen-bond donors (Lipinski definition) is 0. The van der Waals surface area contributed by atoms with Gasteiger partial charge in [-0.1, -0.05) is 188 Å². The van der Waals surface area contributed by atoms with Gasteiger partial charge >= 0.3 is 0 Å². The molecule has 60 heavy (non-hydrogen) atoms. The van der Waals surface area contributed by atoms with Crippen molar-refractivity contribution < 1.29 is 0 Å². The predicted molar refractivity (Wildman–Crippen MR) is 259 cm³/mol. The van der Waals surface area contributed by atoms with E-state index in [9.17, 15) is 0 Å². The summed E-state index contributed by atoms with van der Waals surface area (Å²) >= 11 is 0. The number of benzene rings is 12. The van der Waals surface area contributed by atoms with Gasteiger partial charge in [0.2, 0.25) is 0 Å². The number of fused-ring (bicyclic) bond motifs is 8. The fraction of sp³-hybridized carbons (Fsp3) is 0. The molecule has 0 aliphatic carbocycles. The second kappa shape index (κ2) is 13.9. The minimum atomic E-state index is 1.21. The molecule has 0 atom stereocenters. The first-order valence-electron chi connectivity index (χ1n) is 20.8. The second-order valence-electron chi connectivity index (χ2n) is 16.0. The summed E-state index contributed by atoms with van der Waals surface area (Å²) in [5.41, 5.74) is 12.3. The van der Waals surface area contributed by atoms with E-state index in [1.165, 1.54) is 120 Å². The van der Waals surface area contributed by atoms with Gasteiger partial charge in [-0.2, -0.15) is 0 Å². The molecule has 0 nitrogen and oxygen atoms in total. The van der Waals surface area contributed by atoms with Crippen LogP contribution in [0.1, 0.15) is 0 Å². The summed E-state index contributed by atoms with van der Waals surface area (Å²) in [6.07, 6.45) is 0. The highest BCUT2D eigenvalue weighted by Gasteiger charge is 2.17. The highest BCUT2D eigenvalue weighted by molar-refractivity contribution is 6.18. The van der Waals surface area contributed by atoms with E-state index in [-0.39, 0.29) is 0 Å². The van der Waals surface area contributed by atoms with Gasteiger partial charge in [0.1, 0.15) is 0 Å². The summed E-state index contributed by atoms with van der Waals surface area (Å²) in [5, 5.41) is 15.0. The highest BCUT2D eigenvalue weighted by Crippen LogP contribution is 2.44. The average molecular weight is 759 g/mol. The van der Waals surface area contributed by atoms with Crippen LogP contribution in [0, 0.1) is 0 Å². The van der Waals surface area contributed by atoms with Gasteiger partial charge in [0.05, 0.1) is 0 Å². The normalized spacial score (nSPS) is 11.7. The molecule has 0 aliphatic rings. The summed E-state index contributed by atoms with van der Waals surface area (Å²) in [6, 6.07) is 85.3. The van der Waals surface area contributed by atoms with Crippen LogP contribution >= 0.6 is 0 Å². The molecule has 0 amide bonds. The molecule has 0 fully saturated rings. The first kappa shape index (κ1) is 34.3. The molecular formula is C60H38. The molecular weight excluding hydrogens is 721 g/mol. The standard InChI is InChI=1S/C60H38/c1-2-15-40(16-3-1)56-34-42-18-6-7-19-43(42)35-57(56)47-29-31-55-51-30-28-45(33-48(51)38-58(60(55)37-47)46-27-26-39-14-4-5-17-41(39)32-46)50-22-10-11-24-53(50)59-36-44-20-8-9-21-49(44)52-23-12-13-25-54(52)59/h1-38H. The van der Waals surface area contributed by atoms with E-state index in [1.807, 2.05) is 0 Å². The molecule has 0 aromatic heterocycles. The highest BCUT2D eigenvalue weighted by atomic mass is 14.2. The molecule has 0 heterocycles. The summed E-state index contributed by atoms with van der Waals surface area (Å²) in [5.74, 6) is 0. The quantitative estimate of drug-likeness (QED) is 0.153. The van der Waals surface area contributed by atoms with Crippen LogP contribution in [-0.4, -0.2) is 0 Å². The maximum Gasteiger partial charge on any atom is -0.00928 e. The van der Waals surface area contributed by atoms with Crippen LogP contribution < -0.4 is 0 Å². The van der Waals surface area contributed by atoms with Gasteiger partial charge in [-0.3, -0.25) is 0 Å². The van der Waals surface area contributed by atoms with Crippen LogP contribution in [0.15, 0.2) is 231 Å². The van der Waals surface area contributed by atoms with Crippen molar-refractivity contribution in [2.24, 2.45) is 0 Å². The lowest BCUT2D eigenvalue weighted by Crippen LogP contribution is -1.91. The lowest BCUT2D eigenvalue weighted by molar-refractivity contribution is 1.61. The summed E-state index contributed by atoms with van der Waals surface area (Å²) in [7, 11) is 0. The van der Waals surface area contributed by atoms with Gasteiger partial charge in [-0.15, -0.1) is 0 Å². The maximum atomic E-state index is 2.43. The third-order valence-corrected chi connectivity index (χ3v) is 12.6. The third kappa shape index (κ3) is 5.69. The monoisotopic (exact) mass is 758 g/mol. The Morgan fingerprint density at radius 2 is 0.600 bits per heavy atom. The fourth-order valence-electron chi connectivity index (χ4n) is 9.68. The molecule has 0 saturated carbocycles. The number of rotatable bonds is 5. The summed E-state index contributed by atoms with van der Waals surface area (Å²) in [4.78, 5) is 0. The van der Waals surface area contributed by atoms with Gasteiger partial charge < -0.3 is 0 Å². The van der Waals surface area contributed by atoms with E-state index in [2.05, 4.69) is 231 Å². The zero-order chi connectivity index (χ0) is 39.6. The minimum absolute atomic E-state index is 1.21. The van der Waals surface area contributed by atoms with Crippen molar-refractivity contribution in [3.8, 4) is 55.6 Å². The zero-order valence-corrected chi connectivity index (χ0v) is 32.9. The summed E-state index contributed by atoms with van der Waals surface area (Å²) in [6.45, 7) is 0. The van der Waals surface area contributed by atoms with E-state index < -0.39 is 0 Å². The van der Waals surface area contributed by atoms with E-state index in [0.29, 0.717) is 0 Å². The van der Waals surface area contributed by atoms with Gasteiger partial charge in [0, 0.05) is 0 Å². The van der Waals surface area contributed by atoms with Crippen LogP contribution in [0.4, 0.5) is 0 Å². The first-order chi connectivity index (χ1) is 29.7. The predicted octanol–water partition coefficient (Wildman–Crippen LogP) is 16.9. The van der Waals surface area contributed by atoms with E-state index in [0.717, 1.165) is 0 Å². The molecule has 0 heteroatoms. The van der Waals surface area contributed by atoms with Crippen LogP contribution in [0.25, 0.3) is 120 Å². The Kier molecular flexibility index (Phi) is 7.96. The second-order valence-corrected chi connectivity index (χ2v) is 16.0. The van der Waals surface area contributed by atoms with Crippen molar-refractivity contribution in [2.45, 2.75) is 0 Å². The Labute approximate surface area is 349 Å². The Hall–Kier alpha value is -7.80. The van der Waals surface area contributed by atoms with Crippen molar-refractivity contribution in [3.05, 3.63) is 231 Å². The van der Waals surface area contributed by atoms with E-state index in [1.54, 1.807) is 0 Å². The van der Waals surface area contributed by atoms with Crippen molar-refractivity contribution in [1.82, 2.24) is 0 Å². The van der Waals surface area contributed by atoms with Gasteiger partial charge in [-0.25, -0.2) is 0 Å². The minimum Gasteiger partial charge on any atom is -0.0622 e. The molecule has 0 saturated heterocycles. The Morgan fingerprint density at radius 3 is 1.37 bits per heavy atom. The fourth-order valence-corrected chi connectivity index (χ4v) is 9.68. The van der Waals surface area contributed by atoms with Crippen LogP contribution in [-0.2, 0) is 0 Å². The molecule has 12 aromatic rings. The van der Waals surface area contributed by atoms with Crippen molar-refractivity contribution in [2.75, 3.05) is 0 Å². The molecule has 278 valence electrons. The number of hydrogen-bond acceptors (Lipinski definition) is 0. The van der Waals surface area contributed by atoms with Crippen LogP contribution in [0.5, 0.6) is 0 Å². The lowest BCUT2D eigenvalue weighted by Gasteiger charge is -2.18. The van der Waals surface area contributed by atoms with Crippen molar-refractivity contribution in [1.29, 1.82) is 0 Å². The average Bonchev–Trinajstić information content (AvgIpc) is 3.33. The topological polar surface area (TPSA) is 0 Å². The Balaban J connectivity index is 1.09. The molecule has 12 aromatic carbocycles. The SMILES string of the molecule is c1ccc(-c2cc3ccccc3cc2-c2ccc3c(c2)c(-c2ccc4ccccc4c2)cc2cc(-c4ccccc4-c4cc5ccccc5c5ccccc45)ccc23)cc1.